The molecule has 0 saturated carbocycles. The molecule has 0 fully saturated rings. The van der Waals surface area contributed by atoms with Gasteiger partial charge in [-0.25, -0.2) is 8.42 Å². The number of sulfonamides is 1. The van der Waals surface area contributed by atoms with Crippen molar-refractivity contribution in [2.75, 3.05) is 24.0 Å². The second kappa shape index (κ2) is 16.4. The molecule has 0 heterocycles. The van der Waals surface area contributed by atoms with Gasteiger partial charge in [-0.1, -0.05) is 90.4 Å². The minimum atomic E-state index is -4.20. The van der Waals surface area contributed by atoms with Crippen LogP contribution < -0.4 is 14.4 Å². The number of nitrogens with one attached hydrogen (secondary N) is 1. The molecule has 0 aliphatic rings. The van der Waals surface area contributed by atoms with E-state index in [9.17, 15) is 18.0 Å². The Morgan fingerprint density at radius 1 is 0.848 bits per heavy atom. The molecule has 46 heavy (non-hydrogen) atoms. The van der Waals surface area contributed by atoms with Crippen molar-refractivity contribution >= 4 is 43.5 Å². The minimum absolute atomic E-state index is 0.0154. The second-order valence-electron chi connectivity index (χ2n) is 11.2. The first kappa shape index (κ1) is 34.7. The van der Waals surface area contributed by atoms with Crippen molar-refractivity contribution in [2.24, 2.45) is 5.92 Å². The van der Waals surface area contributed by atoms with Crippen LogP contribution in [0.3, 0.4) is 0 Å². The largest absolute Gasteiger partial charge is 0.494 e. The quantitative estimate of drug-likeness (QED) is 0.153. The number of rotatable bonds is 15. The van der Waals surface area contributed by atoms with E-state index in [-0.39, 0.29) is 29.7 Å². The number of halogens is 1. The molecule has 1 N–H and O–H groups in total. The summed E-state index contributed by atoms with van der Waals surface area (Å²) in [5.74, 6) is -0.0796. The van der Waals surface area contributed by atoms with E-state index in [1.807, 2.05) is 75.4 Å². The molecule has 8 nitrogen and oxygen atoms in total. The Balaban J connectivity index is 1.77. The van der Waals surface area contributed by atoms with Crippen LogP contribution in [0.4, 0.5) is 5.69 Å². The first-order valence-corrected chi connectivity index (χ1v) is 17.5. The van der Waals surface area contributed by atoms with Crippen molar-refractivity contribution in [2.45, 2.75) is 44.7 Å². The Hall–Kier alpha value is -4.15. The standard InChI is InChI=1S/C36H40BrN3O5S/c1-4-45-32-18-20-33(21-19-32)46(43,44)40(31-16-9-6-10-17-31)26-35(41)39(25-29-14-11-15-30(37)22-29)34(36(42)38-24-27(2)3)23-28-12-7-5-8-13-28/h5-22,27,34H,4,23-26H2,1-3H3,(H,38,42)/t34-/m0/s1. The van der Waals surface area contributed by atoms with Crippen molar-refractivity contribution in [3.05, 3.63) is 125 Å². The fraction of sp³-hybridized carbons (Fsp3) is 0.278. The summed E-state index contributed by atoms with van der Waals surface area (Å²) in [5.41, 5.74) is 2.00. The van der Waals surface area contributed by atoms with E-state index in [1.54, 1.807) is 42.5 Å². The molecule has 242 valence electrons. The molecule has 4 rings (SSSR count). The van der Waals surface area contributed by atoms with Crippen LogP contribution in [0.15, 0.2) is 119 Å². The van der Waals surface area contributed by atoms with Gasteiger partial charge in [-0.15, -0.1) is 0 Å². The molecule has 0 saturated heterocycles. The lowest BCUT2D eigenvalue weighted by Gasteiger charge is -2.34. The van der Waals surface area contributed by atoms with Crippen molar-refractivity contribution in [3.8, 4) is 5.75 Å². The number of para-hydroxylation sites is 1. The van der Waals surface area contributed by atoms with Gasteiger partial charge < -0.3 is 15.0 Å². The zero-order valence-electron chi connectivity index (χ0n) is 26.3. The maximum atomic E-state index is 14.5. The Kier molecular flexibility index (Phi) is 12.4. The Morgan fingerprint density at radius 2 is 1.48 bits per heavy atom. The van der Waals surface area contributed by atoms with Gasteiger partial charge in [0.1, 0.15) is 18.3 Å². The average Bonchev–Trinajstić information content (AvgIpc) is 3.05. The third-order valence-electron chi connectivity index (χ3n) is 7.24. The van der Waals surface area contributed by atoms with E-state index < -0.39 is 28.5 Å². The first-order valence-electron chi connectivity index (χ1n) is 15.2. The van der Waals surface area contributed by atoms with Gasteiger partial charge in [0.2, 0.25) is 11.8 Å². The number of benzene rings is 4. The SMILES string of the molecule is CCOc1ccc(S(=O)(=O)N(CC(=O)N(Cc2cccc(Br)c2)[C@@H](Cc2ccccc2)C(=O)NCC(C)C)c2ccccc2)cc1. The van der Waals surface area contributed by atoms with Crippen molar-refractivity contribution in [3.63, 3.8) is 0 Å². The summed E-state index contributed by atoms with van der Waals surface area (Å²) in [6.07, 6.45) is 0.251. The van der Waals surface area contributed by atoms with Crippen LogP contribution >= 0.6 is 15.9 Å². The van der Waals surface area contributed by atoms with Crippen LogP contribution in [0.2, 0.25) is 0 Å². The number of ether oxygens (including phenoxy) is 1. The molecule has 0 unspecified atom stereocenters. The predicted molar refractivity (Wildman–Crippen MR) is 185 cm³/mol. The number of carbonyl (C=O) groups is 2. The van der Waals surface area contributed by atoms with Crippen molar-refractivity contribution < 1.29 is 22.7 Å². The predicted octanol–water partition coefficient (Wildman–Crippen LogP) is 6.46. The first-order chi connectivity index (χ1) is 22.1. The molecular weight excluding hydrogens is 666 g/mol. The van der Waals surface area contributed by atoms with E-state index in [1.165, 1.54) is 17.0 Å². The van der Waals surface area contributed by atoms with Gasteiger partial charge in [-0.2, -0.15) is 0 Å². The van der Waals surface area contributed by atoms with Gasteiger partial charge in [0.25, 0.3) is 10.0 Å². The fourth-order valence-corrected chi connectivity index (χ4v) is 6.79. The molecule has 0 radical (unpaired) electrons. The number of amides is 2. The number of nitrogens with zero attached hydrogens (tertiary/aromatic N) is 2. The van der Waals surface area contributed by atoms with Crippen molar-refractivity contribution in [1.82, 2.24) is 10.2 Å². The number of hydrogen-bond donors (Lipinski definition) is 1. The van der Waals surface area contributed by atoms with Crippen LogP contribution in [0.5, 0.6) is 5.75 Å². The summed E-state index contributed by atoms with van der Waals surface area (Å²) >= 11 is 3.51. The van der Waals surface area contributed by atoms with Gasteiger partial charge in [0, 0.05) is 24.0 Å². The molecule has 0 aliphatic heterocycles. The molecular formula is C36H40BrN3O5S. The zero-order valence-corrected chi connectivity index (χ0v) is 28.7. The molecule has 2 amide bonds. The highest BCUT2D eigenvalue weighted by Crippen LogP contribution is 2.26. The van der Waals surface area contributed by atoms with Crippen molar-refractivity contribution in [1.29, 1.82) is 0 Å². The van der Waals surface area contributed by atoms with Gasteiger partial charge in [0.05, 0.1) is 17.2 Å². The van der Waals surface area contributed by atoms with Crippen LogP contribution in [-0.4, -0.2) is 50.9 Å². The smallest absolute Gasteiger partial charge is 0.264 e. The fourth-order valence-electron chi connectivity index (χ4n) is 4.93. The maximum absolute atomic E-state index is 14.5. The summed E-state index contributed by atoms with van der Waals surface area (Å²) in [6.45, 7) is 6.31. The van der Waals surface area contributed by atoms with E-state index in [0.29, 0.717) is 24.6 Å². The third kappa shape index (κ3) is 9.43. The summed E-state index contributed by atoms with van der Waals surface area (Å²) in [5, 5.41) is 3.01. The molecule has 0 spiro atoms. The normalized spacial score (nSPS) is 11.9. The lowest BCUT2D eigenvalue weighted by Crippen LogP contribution is -2.53. The summed E-state index contributed by atoms with van der Waals surface area (Å²) < 4.78 is 35.8. The zero-order chi connectivity index (χ0) is 33.1. The van der Waals surface area contributed by atoms with Gasteiger partial charge >= 0.3 is 0 Å². The molecule has 10 heteroatoms. The average molecular weight is 707 g/mol. The molecule has 4 aromatic carbocycles. The second-order valence-corrected chi connectivity index (χ2v) is 14.0. The van der Waals surface area contributed by atoms with Gasteiger partial charge in [0.15, 0.2) is 0 Å². The molecule has 4 aromatic rings. The third-order valence-corrected chi connectivity index (χ3v) is 9.52. The van der Waals surface area contributed by atoms with Crippen LogP contribution in [0, 0.1) is 5.92 Å². The van der Waals surface area contributed by atoms with Gasteiger partial charge in [-0.3, -0.25) is 13.9 Å². The highest BCUT2D eigenvalue weighted by Gasteiger charge is 2.34. The van der Waals surface area contributed by atoms with E-state index >= 15 is 0 Å². The number of anilines is 1. The molecule has 1 atom stereocenters. The number of carbonyl (C=O) groups excluding carboxylic acids is 2. The van der Waals surface area contributed by atoms with E-state index in [0.717, 1.165) is 19.9 Å². The maximum Gasteiger partial charge on any atom is 0.264 e. The summed E-state index contributed by atoms with van der Waals surface area (Å²) in [6, 6.07) is 30.7. The topological polar surface area (TPSA) is 96.0 Å². The summed E-state index contributed by atoms with van der Waals surface area (Å²) in [7, 11) is -4.20. The van der Waals surface area contributed by atoms with Crippen LogP contribution in [-0.2, 0) is 32.6 Å². The van der Waals surface area contributed by atoms with Crippen LogP contribution in [0.1, 0.15) is 31.9 Å². The molecule has 0 bridgehead atoms. The summed E-state index contributed by atoms with van der Waals surface area (Å²) in [4.78, 5) is 29.9. The van der Waals surface area contributed by atoms with Gasteiger partial charge in [-0.05, 0) is 72.5 Å². The van der Waals surface area contributed by atoms with E-state index in [4.69, 9.17) is 4.74 Å². The monoisotopic (exact) mass is 705 g/mol. The Bertz CT molecular complexity index is 1680. The number of hydrogen-bond acceptors (Lipinski definition) is 5. The highest BCUT2D eigenvalue weighted by atomic mass is 79.9. The highest BCUT2D eigenvalue weighted by molar-refractivity contribution is 9.10. The minimum Gasteiger partial charge on any atom is -0.494 e. The Morgan fingerprint density at radius 3 is 2.09 bits per heavy atom. The Labute approximate surface area is 280 Å². The van der Waals surface area contributed by atoms with Crippen LogP contribution in [0.25, 0.3) is 0 Å². The lowest BCUT2D eigenvalue weighted by molar-refractivity contribution is -0.140. The van der Waals surface area contributed by atoms with E-state index in [2.05, 4.69) is 21.2 Å². The lowest BCUT2D eigenvalue weighted by atomic mass is 10.0. The molecule has 0 aliphatic carbocycles. The molecule has 0 aromatic heterocycles.